The molecule has 0 fully saturated rings. The van der Waals surface area contributed by atoms with Crippen LogP contribution in [0.5, 0.6) is 5.75 Å². The molecule has 8 heteroatoms. The van der Waals surface area contributed by atoms with Gasteiger partial charge in [0.05, 0.1) is 10.0 Å². The number of carbonyl (C=O) groups excluding carboxylic acids is 2. The van der Waals surface area contributed by atoms with Gasteiger partial charge < -0.3 is 15.0 Å². The van der Waals surface area contributed by atoms with E-state index in [1.165, 1.54) is 0 Å². The summed E-state index contributed by atoms with van der Waals surface area (Å²) in [6.45, 7) is 8.44. The van der Waals surface area contributed by atoms with Crippen LogP contribution >= 0.6 is 39.1 Å². The summed E-state index contributed by atoms with van der Waals surface area (Å²) in [5.74, 6) is 0.419. The van der Waals surface area contributed by atoms with Crippen LogP contribution in [-0.4, -0.2) is 35.9 Å². The Bertz CT molecular complexity index is 953. The number of hydrogen-bond donors (Lipinski definition) is 1. The number of carbonyl (C=O) groups is 2. The molecule has 1 N–H and O–H groups in total. The molecule has 2 aromatic rings. The third kappa shape index (κ3) is 7.68. The van der Waals surface area contributed by atoms with Crippen LogP contribution in [0.25, 0.3) is 0 Å². The summed E-state index contributed by atoms with van der Waals surface area (Å²) < 4.78 is 6.71. The van der Waals surface area contributed by atoms with Crippen molar-refractivity contribution in [3.8, 4) is 5.75 Å². The van der Waals surface area contributed by atoms with Crippen molar-refractivity contribution < 1.29 is 14.3 Å². The van der Waals surface area contributed by atoms with Crippen LogP contribution in [0.3, 0.4) is 0 Å². The van der Waals surface area contributed by atoms with Crippen LogP contribution in [0.2, 0.25) is 10.0 Å². The average molecular weight is 544 g/mol. The van der Waals surface area contributed by atoms with E-state index in [4.69, 9.17) is 27.9 Å². The number of benzene rings is 2. The Morgan fingerprint density at radius 1 is 1.12 bits per heavy atom. The maximum Gasteiger partial charge on any atom is 0.261 e. The lowest BCUT2D eigenvalue weighted by molar-refractivity contribution is -0.143. The minimum Gasteiger partial charge on any atom is -0.484 e. The van der Waals surface area contributed by atoms with Crippen LogP contribution in [0.4, 0.5) is 0 Å². The van der Waals surface area contributed by atoms with Crippen molar-refractivity contribution in [2.75, 3.05) is 13.2 Å². The second-order valence-electron chi connectivity index (χ2n) is 8.03. The molecule has 0 saturated heterocycles. The predicted molar refractivity (Wildman–Crippen MR) is 133 cm³/mol. The van der Waals surface area contributed by atoms with Crippen molar-refractivity contribution >= 4 is 50.9 Å². The van der Waals surface area contributed by atoms with Gasteiger partial charge >= 0.3 is 0 Å². The molecule has 5 nitrogen and oxygen atoms in total. The molecule has 0 aliphatic carbocycles. The molecule has 0 unspecified atom stereocenters. The maximum absolute atomic E-state index is 13.2. The third-order valence-electron chi connectivity index (χ3n) is 4.90. The van der Waals surface area contributed by atoms with Crippen molar-refractivity contribution in [3.05, 3.63) is 62.0 Å². The molecule has 0 saturated carbocycles. The lowest BCUT2D eigenvalue weighted by Gasteiger charge is -2.31. The largest absolute Gasteiger partial charge is 0.484 e. The van der Waals surface area contributed by atoms with Gasteiger partial charge in [-0.3, -0.25) is 9.59 Å². The Morgan fingerprint density at radius 2 is 1.84 bits per heavy atom. The van der Waals surface area contributed by atoms with Gasteiger partial charge in [0.15, 0.2) is 6.61 Å². The van der Waals surface area contributed by atoms with Crippen molar-refractivity contribution in [2.24, 2.45) is 5.92 Å². The predicted octanol–water partition coefficient (Wildman–Crippen LogP) is 6.02. The first-order valence-electron chi connectivity index (χ1n) is 10.5. The highest BCUT2D eigenvalue weighted by Gasteiger charge is 2.29. The lowest BCUT2D eigenvalue weighted by Crippen LogP contribution is -2.50. The third-order valence-corrected chi connectivity index (χ3v) is 6.53. The Balaban J connectivity index is 2.23. The van der Waals surface area contributed by atoms with E-state index in [9.17, 15) is 9.59 Å². The van der Waals surface area contributed by atoms with Crippen molar-refractivity contribution in [3.63, 3.8) is 0 Å². The highest BCUT2D eigenvalue weighted by Crippen LogP contribution is 2.25. The first kappa shape index (κ1) is 26.5. The molecular formula is C24H29BrCl2N2O3. The van der Waals surface area contributed by atoms with Gasteiger partial charge in [0.2, 0.25) is 5.91 Å². The topological polar surface area (TPSA) is 58.6 Å². The summed E-state index contributed by atoms with van der Waals surface area (Å²) in [6.07, 6.45) is 0.467. The second kappa shape index (κ2) is 12.5. The first-order chi connectivity index (χ1) is 15.1. The molecule has 0 heterocycles. The summed E-state index contributed by atoms with van der Waals surface area (Å²) in [6, 6.07) is 10.1. The summed E-state index contributed by atoms with van der Waals surface area (Å²) >= 11 is 15.6. The smallest absolute Gasteiger partial charge is 0.261 e. The van der Waals surface area contributed by atoms with Crippen molar-refractivity contribution in [1.82, 2.24) is 10.2 Å². The van der Waals surface area contributed by atoms with Crippen LogP contribution in [0.15, 0.2) is 40.9 Å². The molecular weight excluding hydrogens is 515 g/mol. The number of rotatable bonds is 10. The van der Waals surface area contributed by atoms with E-state index < -0.39 is 6.04 Å². The Kier molecular flexibility index (Phi) is 10.3. The van der Waals surface area contributed by atoms with Crippen LogP contribution < -0.4 is 10.1 Å². The van der Waals surface area contributed by atoms with E-state index in [0.717, 1.165) is 15.6 Å². The fourth-order valence-electron chi connectivity index (χ4n) is 3.11. The number of nitrogens with one attached hydrogen (secondary N) is 1. The normalized spacial score (nSPS) is 11.9. The van der Waals surface area contributed by atoms with Crippen LogP contribution in [-0.2, 0) is 16.1 Å². The Hall–Kier alpha value is -1.76. The zero-order valence-electron chi connectivity index (χ0n) is 18.8. The molecule has 0 aromatic heterocycles. The molecule has 0 aliphatic heterocycles. The lowest BCUT2D eigenvalue weighted by atomic mass is 10.1. The van der Waals surface area contributed by atoms with Crippen LogP contribution in [0, 0.1) is 12.8 Å². The fraction of sp³-hybridized carbons (Fsp3) is 0.417. The van der Waals surface area contributed by atoms with Gasteiger partial charge in [0.25, 0.3) is 5.91 Å². The van der Waals surface area contributed by atoms with Gasteiger partial charge in [-0.2, -0.15) is 0 Å². The van der Waals surface area contributed by atoms with Gasteiger partial charge in [0, 0.05) is 17.6 Å². The van der Waals surface area contributed by atoms with E-state index in [1.54, 1.807) is 29.2 Å². The summed E-state index contributed by atoms with van der Waals surface area (Å²) in [7, 11) is 0. The standard InChI is InChI=1S/C24H29BrCl2N2O3/c1-5-22(24(31)28-12-15(2)3)29(13-17-6-9-20(26)21(27)11-17)23(30)14-32-18-7-8-19(25)16(4)10-18/h6-11,15,22H,5,12-14H2,1-4H3,(H,28,31)/t22-/m1/s1. The van der Waals surface area contributed by atoms with Crippen LogP contribution in [0.1, 0.15) is 38.3 Å². The molecule has 2 aromatic carbocycles. The zero-order valence-corrected chi connectivity index (χ0v) is 21.9. The van der Waals surface area contributed by atoms with E-state index >= 15 is 0 Å². The summed E-state index contributed by atoms with van der Waals surface area (Å²) in [4.78, 5) is 27.7. The quantitative estimate of drug-likeness (QED) is 0.398. The molecule has 2 amide bonds. The number of nitrogens with zero attached hydrogens (tertiary/aromatic N) is 1. The van der Waals surface area contributed by atoms with E-state index in [2.05, 4.69) is 21.2 Å². The summed E-state index contributed by atoms with van der Waals surface area (Å²) in [5, 5.41) is 3.77. The van der Waals surface area contributed by atoms with E-state index in [-0.39, 0.29) is 25.0 Å². The molecule has 0 bridgehead atoms. The number of amides is 2. The van der Waals surface area contributed by atoms with Gasteiger partial charge in [-0.15, -0.1) is 0 Å². The Labute approximate surface area is 208 Å². The molecule has 174 valence electrons. The highest BCUT2D eigenvalue weighted by atomic mass is 79.9. The highest BCUT2D eigenvalue weighted by molar-refractivity contribution is 9.10. The molecule has 1 atom stereocenters. The first-order valence-corrected chi connectivity index (χ1v) is 12.1. The van der Waals surface area contributed by atoms with E-state index in [1.807, 2.05) is 39.8 Å². The van der Waals surface area contributed by atoms with Gasteiger partial charge in [-0.05, 0) is 60.7 Å². The minimum absolute atomic E-state index is 0.184. The zero-order chi connectivity index (χ0) is 23.8. The molecule has 2 rings (SSSR count). The molecule has 32 heavy (non-hydrogen) atoms. The fourth-order valence-corrected chi connectivity index (χ4v) is 3.68. The number of hydrogen-bond acceptors (Lipinski definition) is 3. The maximum atomic E-state index is 13.2. The molecule has 0 radical (unpaired) electrons. The summed E-state index contributed by atoms with van der Waals surface area (Å²) in [5.41, 5.74) is 1.78. The SMILES string of the molecule is CC[C@H](C(=O)NCC(C)C)N(Cc1ccc(Cl)c(Cl)c1)C(=O)COc1ccc(Br)c(C)c1. The van der Waals surface area contributed by atoms with Gasteiger partial charge in [0.1, 0.15) is 11.8 Å². The number of aryl methyl sites for hydroxylation is 1. The molecule has 0 aliphatic rings. The van der Waals surface area contributed by atoms with Gasteiger partial charge in [-0.25, -0.2) is 0 Å². The second-order valence-corrected chi connectivity index (χ2v) is 9.70. The molecule has 0 spiro atoms. The Morgan fingerprint density at radius 3 is 2.44 bits per heavy atom. The minimum atomic E-state index is -0.633. The van der Waals surface area contributed by atoms with Gasteiger partial charge in [-0.1, -0.05) is 66.0 Å². The monoisotopic (exact) mass is 542 g/mol. The average Bonchev–Trinajstić information content (AvgIpc) is 2.75. The number of halogens is 3. The van der Waals surface area contributed by atoms with Crippen molar-refractivity contribution in [2.45, 2.75) is 46.7 Å². The van der Waals surface area contributed by atoms with Crippen molar-refractivity contribution in [1.29, 1.82) is 0 Å². The number of ether oxygens (including phenoxy) is 1. The van der Waals surface area contributed by atoms with E-state index in [0.29, 0.717) is 34.7 Å².